The lowest BCUT2D eigenvalue weighted by Crippen LogP contribution is -2.48. The van der Waals surface area contributed by atoms with Crippen molar-refractivity contribution in [1.29, 1.82) is 0 Å². The van der Waals surface area contributed by atoms with Crippen molar-refractivity contribution < 1.29 is 9.59 Å². The summed E-state index contributed by atoms with van der Waals surface area (Å²) in [5, 5.41) is 3.52. The Morgan fingerprint density at radius 2 is 1.81 bits per heavy atom. The lowest BCUT2D eigenvalue weighted by molar-refractivity contribution is -0.129. The topological polar surface area (TPSA) is 78.4 Å². The van der Waals surface area contributed by atoms with Crippen molar-refractivity contribution in [3.05, 3.63) is 46.3 Å². The summed E-state index contributed by atoms with van der Waals surface area (Å²) in [5.74, 6) is 0.340. The fourth-order valence-electron chi connectivity index (χ4n) is 2.63. The number of carbonyl (C=O) groups is 2. The van der Waals surface area contributed by atoms with E-state index in [2.05, 4.69) is 15.3 Å². The van der Waals surface area contributed by atoms with Gasteiger partial charge in [-0.1, -0.05) is 23.2 Å². The maximum Gasteiger partial charge on any atom is 0.275 e. The van der Waals surface area contributed by atoms with Gasteiger partial charge in [-0.15, -0.1) is 0 Å². The molecule has 0 aliphatic carbocycles. The van der Waals surface area contributed by atoms with Gasteiger partial charge < -0.3 is 15.1 Å². The molecule has 1 aromatic heterocycles. The Morgan fingerprint density at radius 1 is 1.08 bits per heavy atom. The summed E-state index contributed by atoms with van der Waals surface area (Å²) < 4.78 is 0. The predicted molar refractivity (Wildman–Crippen MR) is 101 cm³/mol. The molecule has 0 saturated carbocycles. The number of amides is 2. The van der Waals surface area contributed by atoms with Crippen LogP contribution in [0.25, 0.3) is 0 Å². The van der Waals surface area contributed by atoms with E-state index >= 15 is 0 Å². The highest BCUT2D eigenvalue weighted by molar-refractivity contribution is 6.36. The van der Waals surface area contributed by atoms with Crippen LogP contribution in [-0.2, 0) is 4.79 Å². The van der Waals surface area contributed by atoms with Gasteiger partial charge in [-0.3, -0.25) is 9.59 Å². The van der Waals surface area contributed by atoms with E-state index in [4.69, 9.17) is 23.2 Å². The second-order valence-electron chi connectivity index (χ2n) is 5.83. The average Bonchev–Trinajstić information content (AvgIpc) is 2.64. The molecule has 2 heterocycles. The molecule has 0 spiro atoms. The quantitative estimate of drug-likeness (QED) is 0.866. The van der Waals surface area contributed by atoms with Gasteiger partial charge in [0.05, 0.1) is 23.1 Å². The van der Waals surface area contributed by atoms with Crippen LogP contribution < -0.4 is 10.2 Å². The molecule has 3 rings (SSSR count). The number of nitrogens with one attached hydrogen (secondary N) is 1. The summed E-state index contributed by atoms with van der Waals surface area (Å²) in [6.07, 6.45) is 2.98. The third-order valence-corrected chi connectivity index (χ3v) is 4.65. The highest BCUT2D eigenvalue weighted by Crippen LogP contribution is 2.25. The number of aromatic nitrogens is 2. The van der Waals surface area contributed by atoms with Crippen LogP contribution in [0.2, 0.25) is 10.0 Å². The van der Waals surface area contributed by atoms with E-state index in [0.29, 0.717) is 47.7 Å². The second-order valence-corrected chi connectivity index (χ2v) is 6.67. The number of anilines is 2. The number of nitrogens with zero attached hydrogens (tertiary/aromatic N) is 4. The van der Waals surface area contributed by atoms with Gasteiger partial charge in [0, 0.05) is 38.1 Å². The van der Waals surface area contributed by atoms with Crippen LogP contribution >= 0.6 is 23.2 Å². The van der Waals surface area contributed by atoms with Crippen LogP contribution in [0.15, 0.2) is 30.6 Å². The first kappa shape index (κ1) is 18.4. The minimum Gasteiger partial charge on any atom is -0.352 e. The van der Waals surface area contributed by atoms with Crippen molar-refractivity contribution in [1.82, 2.24) is 14.9 Å². The molecule has 2 aromatic rings. The van der Waals surface area contributed by atoms with Crippen molar-refractivity contribution >= 4 is 46.5 Å². The van der Waals surface area contributed by atoms with Crippen LogP contribution in [-0.4, -0.2) is 52.9 Å². The number of piperazine rings is 1. The van der Waals surface area contributed by atoms with E-state index < -0.39 is 5.91 Å². The van der Waals surface area contributed by atoms with Crippen LogP contribution in [0.3, 0.4) is 0 Å². The molecule has 1 saturated heterocycles. The number of halogens is 2. The molecule has 1 aliphatic rings. The van der Waals surface area contributed by atoms with Crippen LogP contribution in [0.4, 0.5) is 11.5 Å². The number of hydrogen-bond acceptors (Lipinski definition) is 5. The average molecular weight is 394 g/mol. The summed E-state index contributed by atoms with van der Waals surface area (Å²) in [6.45, 7) is 4.22. The fourth-order valence-corrected chi connectivity index (χ4v) is 3.09. The van der Waals surface area contributed by atoms with Gasteiger partial charge in [-0.25, -0.2) is 9.97 Å². The van der Waals surface area contributed by atoms with Crippen molar-refractivity contribution in [3.8, 4) is 0 Å². The van der Waals surface area contributed by atoms with Crippen molar-refractivity contribution in [3.63, 3.8) is 0 Å². The molecule has 1 N–H and O–H groups in total. The van der Waals surface area contributed by atoms with Gasteiger partial charge in [-0.2, -0.15) is 0 Å². The normalized spacial score (nSPS) is 14.3. The molecule has 1 fully saturated rings. The molecule has 0 bridgehead atoms. The number of rotatable bonds is 3. The summed E-state index contributed by atoms with van der Waals surface area (Å²) in [6, 6.07) is 4.81. The molecule has 7 nitrogen and oxygen atoms in total. The molecule has 1 aliphatic heterocycles. The summed E-state index contributed by atoms with van der Waals surface area (Å²) in [5.41, 5.74) is 0.634. The Morgan fingerprint density at radius 3 is 2.38 bits per heavy atom. The number of hydrogen-bond donors (Lipinski definition) is 1. The summed E-state index contributed by atoms with van der Waals surface area (Å²) in [7, 11) is 0. The Kier molecular flexibility index (Phi) is 5.58. The zero-order chi connectivity index (χ0) is 18.7. The molecule has 136 valence electrons. The number of carbonyl (C=O) groups excluding carboxylic acids is 2. The molecular formula is C17H17Cl2N5O2. The van der Waals surface area contributed by atoms with Gasteiger partial charge in [-0.05, 0) is 18.2 Å². The largest absolute Gasteiger partial charge is 0.352 e. The van der Waals surface area contributed by atoms with E-state index in [1.54, 1.807) is 36.2 Å². The molecule has 2 amide bonds. The number of benzene rings is 1. The van der Waals surface area contributed by atoms with Gasteiger partial charge in [0.25, 0.3) is 5.91 Å². The van der Waals surface area contributed by atoms with E-state index in [9.17, 15) is 9.59 Å². The minimum absolute atomic E-state index is 0.0728. The Bertz CT molecular complexity index is 820. The zero-order valence-electron chi connectivity index (χ0n) is 14.1. The summed E-state index contributed by atoms with van der Waals surface area (Å²) in [4.78, 5) is 36.0. The van der Waals surface area contributed by atoms with Gasteiger partial charge in [0.15, 0.2) is 0 Å². The lowest BCUT2D eigenvalue weighted by Gasteiger charge is -2.34. The smallest absolute Gasteiger partial charge is 0.275 e. The first-order valence-electron chi connectivity index (χ1n) is 8.03. The monoisotopic (exact) mass is 393 g/mol. The fraction of sp³-hybridized carbons (Fsp3) is 0.294. The SMILES string of the molecule is CC(=O)N1CCN(c2cnc(C(=O)Nc3ccc(Cl)cc3Cl)cn2)CC1. The summed E-state index contributed by atoms with van der Waals surface area (Å²) >= 11 is 11.9. The van der Waals surface area contributed by atoms with Gasteiger partial charge in [0.2, 0.25) is 5.91 Å². The van der Waals surface area contributed by atoms with Crippen molar-refractivity contribution in [2.45, 2.75) is 6.92 Å². The Labute approximate surface area is 160 Å². The maximum atomic E-state index is 12.3. The van der Waals surface area contributed by atoms with Crippen LogP contribution in [0, 0.1) is 0 Å². The van der Waals surface area contributed by atoms with E-state index in [-0.39, 0.29) is 11.6 Å². The van der Waals surface area contributed by atoms with E-state index in [1.165, 1.54) is 6.20 Å². The highest BCUT2D eigenvalue weighted by Gasteiger charge is 2.20. The predicted octanol–water partition coefficient (Wildman–Crippen LogP) is 2.70. The first-order chi connectivity index (χ1) is 12.4. The van der Waals surface area contributed by atoms with Crippen molar-refractivity contribution in [2.24, 2.45) is 0 Å². The van der Waals surface area contributed by atoms with Crippen LogP contribution in [0.5, 0.6) is 0 Å². The van der Waals surface area contributed by atoms with Crippen molar-refractivity contribution in [2.75, 3.05) is 36.4 Å². The lowest BCUT2D eigenvalue weighted by atomic mass is 10.3. The second kappa shape index (κ2) is 7.88. The standard InChI is InChI=1S/C17H17Cl2N5O2/c1-11(25)23-4-6-24(7-5-23)16-10-20-15(9-21-16)17(26)22-14-3-2-12(18)8-13(14)19/h2-3,8-10H,4-7H2,1H3,(H,22,26). The Balaban J connectivity index is 1.64. The molecule has 26 heavy (non-hydrogen) atoms. The molecule has 0 radical (unpaired) electrons. The molecule has 9 heteroatoms. The third-order valence-electron chi connectivity index (χ3n) is 4.10. The Hall–Kier alpha value is -2.38. The van der Waals surface area contributed by atoms with E-state index in [0.717, 1.165) is 0 Å². The van der Waals surface area contributed by atoms with Crippen LogP contribution in [0.1, 0.15) is 17.4 Å². The molecule has 1 aromatic carbocycles. The highest BCUT2D eigenvalue weighted by atomic mass is 35.5. The molecule has 0 atom stereocenters. The zero-order valence-corrected chi connectivity index (χ0v) is 15.6. The van der Waals surface area contributed by atoms with E-state index in [1.807, 2.05) is 4.90 Å². The minimum atomic E-state index is -0.408. The first-order valence-corrected chi connectivity index (χ1v) is 8.78. The van der Waals surface area contributed by atoms with Gasteiger partial charge in [0.1, 0.15) is 11.5 Å². The molecular weight excluding hydrogens is 377 g/mol. The third kappa shape index (κ3) is 4.23. The van der Waals surface area contributed by atoms with Gasteiger partial charge >= 0.3 is 0 Å². The molecule has 0 unspecified atom stereocenters. The maximum absolute atomic E-state index is 12.3.